The van der Waals surface area contributed by atoms with Gasteiger partial charge in [0.25, 0.3) is 11.8 Å². The van der Waals surface area contributed by atoms with Crippen LogP contribution in [0.1, 0.15) is 10.4 Å². The third-order valence-electron chi connectivity index (χ3n) is 2.88. The number of benzene rings is 1. The van der Waals surface area contributed by atoms with Crippen molar-refractivity contribution >= 4 is 17.5 Å². The van der Waals surface area contributed by atoms with E-state index in [1.165, 1.54) is 0 Å². The largest absolute Gasteiger partial charge is 0.366 e. The molecule has 19 heavy (non-hydrogen) atoms. The zero-order valence-electron chi connectivity index (χ0n) is 10.7. The molecule has 0 radical (unpaired) electrons. The van der Waals surface area contributed by atoms with Crippen molar-refractivity contribution < 1.29 is 14.3 Å². The second kappa shape index (κ2) is 6.31. The lowest BCUT2D eigenvalue weighted by Crippen LogP contribution is -2.45. The monoisotopic (exact) mass is 263 g/mol. The van der Waals surface area contributed by atoms with E-state index in [0.29, 0.717) is 24.4 Å². The zero-order chi connectivity index (χ0) is 13.7. The molecule has 1 aromatic rings. The van der Waals surface area contributed by atoms with Crippen LogP contribution in [-0.2, 0) is 9.53 Å². The maximum absolute atomic E-state index is 12.0. The second-order valence-corrected chi connectivity index (χ2v) is 4.18. The molecule has 1 fully saturated rings. The van der Waals surface area contributed by atoms with Gasteiger partial charge in [-0.25, -0.2) is 0 Å². The van der Waals surface area contributed by atoms with Gasteiger partial charge in [0.1, 0.15) is 6.10 Å². The first-order valence-corrected chi connectivity index (χ1v) is 6.16. The smallest absolute Gasteiger partial charge is 0.254 e. The molecule has 102 valence electrons. The van der Waals surface area contributed by atoms with Gasteiger partial charge in [0, 0.05) is 20.1 Å². The molecule has 1 aliphatic heterocycles. The molecule has 0 spiro atoms. The fourth-order valence-corrected chi connectivity index (χ4v) is 1.87. The van der Waals surface area contributed by atoms with Crippen LogP contribution in [0.3, 0.4) is 0 Å². The molecule has 0 aliphatic carbocycles. The Morgan fingerprint density at radius 1 is 1.37 bits per heavy atom. The molecule has 1 atom stereocenters. The van der Waals surface area contributed by atoms with Crippen LogP contribution >= 0.6 is 0 Å². The summed E-state index contributed by atoms with van der Waals surface area (Å²) in [4.78, 5) is 23.7. The number of ether oxygens (including phenoxy) is 1. The quantitative estimate of drug-likeness (QED) is 0.715. The number of para-hydroxylation sites is 1. The number of hydrogen-bond acceptors (Lipinski definition) is 4. The molecule has 0 aromatic heterocycles. The van der Waals surface area contributed by atoms with Crippen molar-refractivity contribution in [1.29, 1.82) is 0 Å². The molecule has 1 aromatic carbocycles. The summed E-state index contributed by atoms with van der Waals surface area (Å²) in [7, 11) is 1.55. The van der Waals surface area contributed by atoms with Gasteiger partial charge in [-0.3, -0.25) is 9.59 Å². The number of hydrogen-bond donors (Lipinski definition) is 3. The first-order valence-electron chi connectivity index (χ1n) is 6.16. The lowest BCUT2D eigenvalue weighted by molar-refractivity contribution is -0.128. The lowest BCUT2D eigenvalue weighted by Gasteiger charge is -2.23. The molecule has 0 saturated carbocycles. The maximum atomic E-state index is 12.0. The van der Waals surface area contributed by atoms with E-state index < -0.39 is 6.10 Å². The summed E-state index contributed by atoms with van der Waals surface area (Å²) in [6.45, 7) is 1.74. The Balaban J connectivity index is 2.09. The summed E-state index contributed by atoms with van der Waals surface area (Å²) in [6.07, 6.45) is -0.522. The van der Waals surface area contributed by atoms with Crippen LogP contribution in [-0.4, -0.2) is 44.7 Å². The third-order valence-corrected chi connectivity index (χ3v) is 2.88. The molecule has 1 unspecified atom stereocenters. The average molecular weight is 263 g/mol. The van der Waals surface area contributed by atoms with Crippen molar-refractivity contribution in [2.45, 2.75) is 6.10 Å². The fourth-order valence-electron chi connectivity index (χ4n) is 1.87. The van der Waals surface area contributed by atoms with Crippen LogP contribution in [0, 0.1) is 0 Å². The van der Waals surface area contributed by atoms with Gasteiger partial charge >= 0.3 is 0 Å². The van der Waals surface area contributed by atoms with Gasteiger partial charge in [0.05, 0.1) is 17.9 Å². The normalized spacial score (nSPS) is 18.7. The maximum Gasteiger partial charge on any atom is 0.254 e. The highest BCUT2D eigenvalue weighted by atomic mass is 16.5. The first-order chi connectivity index (χ1) is 9.22. The highest BCUT2D eigenvalue weighted by Gasteiger charge is 2.23. The van der Waals surface area contributed by atoms with Crippen LogP contribution in [0.4, 0.5) is 5.69 Å². The summed E-state index contributed by atoms with van der Waals surface area (Å²) in [5.74, 6) is -0.484. The summed E-state index contributed by atoms with van der Waals surface area (Å²) in [5, 5.41) is 8.36. The van der Waals surface area contributed by atoms with Crippen molar-refractivity contribution in [3.63, 3.8) is 0 Å². The van der Waals surface area contributed by atoms with Crippen molar-refractivity contribution in [2.24, 2.45) is 0 Å². The van der Waals surface area contributed by atoms with E-state index in [-0.39, 0.29) is 11.8 Å². The van der Waals surface area contributed by atoms with E-state index in [9.17, 15) is 9.59 Å². The average Bonchev–Trinajstić information content (AvgIpc) is 2.48. The molecule has 1 aliphatic rings. The number of anilines is 1. The number of morpholine rings is 1. The highest BCUT2D eigenvalue weighted by Crippen LogP contribution is 2.15. The number of rotatable bonds is 3. The Kier molecular flexibility index (Phi) is 4.48. The van der Waals surface area contributed by atoms with Gasteiger partial charge in [-0.05, 0) is 12.1 Å². The van der Waals surface area contributed by atoms with Crippen molar-refractivity contribution in [2.75, 3.05) is 32.1 Å². The molecule has 2 rings (SSSR count). The molecular weight excluding hydrogens is 246 g/mol. The predicted octanol–water partition coefficient (Wildman–Crippen LogP) is -0.0269. The van der Waals surface area contributed by atoms with E-state index in [2.05, 4.69) is 16.0 Å². The Hall–Kier alpha value is -1.92. The van der Waals surface area contributed by atoms with Crippen molar-refractivity contribution in [3.05, 3.63) is 29.8 Å². The van der Waals surface area contributed by atoms with Crippen molar-refractivity contribution in [3.8, 4) is 0 Å². The van der Waals surface area contributed by atoms with Gasteiger partial charge in [-0.2, -0.15) is 0 Å². The van der Waals surface area contributed by atoms with E-state index in [1.807, 2.05) is 0 Å². The van der Waals surface area contributed by atoms with Crippen LogP contribution < -0.4 is 16.0 Å². The molecule has 1 heterocycles. The van der Waals surface area contributed by atoms with Gasteiger partial charge in [0.2, 0.25) is 0 Å². The lowest BCUT2D eigenvalue weighted by atomic mass is 10.1. The Morgan fingerprint density at radius 3 is 2.84 bits per heavy atom. The van der Waals surface area contributed by atoms with Crippen LogP contribution in [0.25, 0.3) is 0 Å². The summed E-state index contributed by atoms with van der Waals surface area (Å²) >= 11 is 0. The van der Waals surface area contributed by atoms with Gasteiger partial charge in [-0.1, -0.05) is 12.1 Å². The number of carbonyl (C=O) groups excluding carboxylic acids is 2. The number of amides is 2. The van der Waals surface area contributed by atoms with Crippen LogP contribution in [0.15, 0.2) is 24.3 Å². The molecule has 6 heteroatoms. The Morgan fingerprint density at radius 2 is 2.16 bits per heavy atom. The summed E-state index contributed by atoms with van der Waals surface area (Å²) in [6, 6.07) is 6.87. The topological polar surface area (TPSA) is 79.5 Å². The van der Waals surface area contributed by atoms with E-state index in [1.54, 1.807) is 31.3 Å². The summed E-state index contributed by atoms with van der Waals surface area (Å²) in [5.41, 5.74) is 0.920. The zero-order valence-corrected chi connectivity index (χ0v) is 10.7. The number of nitrogens with one attached hydrogen (secondary N) is 3. The minimum Gasteiger partial charge on any atom is -0.366 e. The second-order valence-electron chi connectivity index (χ2n) is 4.18. The molecule has 1 saturated heterocycles. The first kappa shape index (κ1) is 13.5. The molecule has 0 bridgehead atoms. The highest BCUT2D eigenvalue weighted by molar-refractivity contribution is 6.04. The predicted molar refractivity (Wildman–Crippen MR) is 71.1 cm³/mol. The van der Waals surface area contributed by atoms with Gasteiger partial charge in [-0.15, -0.1) is 0 Å². The molecule has 3 N–H and O–H groups in total. The van der Waals surface area contributed by atoms with Gasteiger partial charge in [0.15, 0.2) is 0 Å². The minimum atomic E-state index is -0.522. The fraction of sp³-hybridized carbons (Fsp3) is 0.385. The SMILES string of the molecule is CNC(=O)c1ccccc1NC(=O)C1CNCCO1. The summed E-state index contributed by atoms with van der Waals surface area (Å²) < 4.78 is 5.36. The molecule has 6 nitrogen and oxygen atoms in total. The Bertz CT molecular complexity index is 470. The van der Waals surface area contributed by atoms with E-state index in [4.69, 9.17) is 4.74 Å². The standard InChI is InChI=1S/C13H17N3O3/c1-14-12(17)9-4-2-3-5-10(9)16-13(18)11-8-15-6-7-19-11/h2-5,11,15H,6-8H2,1H3,(H,14,17)(H,16,18). The van der Waals surface area contributed by atoms with E-state index >= 15 is 0 Å². The van der Waals surface area contributed by atoms with Crippen LogP contribution in [0.5, 0.6) is 0 Å². The van der Waals surface area contributed by atoms with E-state index in [0.717, 1.165) is 6.54 Å². The minimum absolute atomic E-state index is 0.237. The Labute approximate surface area is 111 Å². The molecular formula is C13H17N3O3. The van der Waals surface area contributed by atoms with Crippen LogP contribution in [0.2, 0.25) is 0 Å². The third kappa shape index (κ3) is 3.30. The molecule has 2 amide bonds. The van der Waals surface area contributed by atoms with Gasteiger partial charge < -0.3 is 20.7 Å². The number of carbonyl (C=O) groups is 2. The van der Waals surface area contributed by atoms with Crippen molar-refractivity contribution in [1.82, 2.24) is 10.6 Å².